The Labute approximate surface area is 161 Å². The van der Waals surface area contributed by atoms with Gasteiger partial charge in [-0.05, 0) is 52.1 Å². The van der Waals surface area contributed by atoms with Crippen LogP contribution in [0.2, 0.25) is 0 Å². The van der Waals surface area contributed by atoms with E-state index in [-0.39, 0.29) is 5.41 Å². The fourth-order valence-corrected chi connectivity index (χ4v) is 5.74. The Bertz CT molecular complexity index is 1110. The standard InChI is InChI=1S/C25H24N2/c1-15-17-13-18-16-9-5-6-10-19(16)25(2,3)20(18)14-23(17)27-22-12-8-7-11-21(22)26(4)24(15)27/h5-15,24H,1-4H3. The lowest BCUT2D eigenvalue weighted by Gasteiger charge is -2.27. The van der Waals surface area contributed by atoms with E-state index in [0.29, 0.717) is 12.1 Å². The van der Waals surface area contributed by atoms with Crippen molar-refractivity contribution in [1.29, 1.82) is 0 Å². The van der Waals surface area contributed by atoms with Gasteiger partial charge in [0.2, 0.25) is 0 Å². The number of para-hydroxylation sites is 2. The number of fused-ring (bicyclic) bond motifs is 8. The Morgan fingerprint density at radius 1 is 0.778 bits per heavy atom. The molecule has 27 heavy (non-hydrogen) atoms. The molecule has 2 unspecified atom stereocenters. The highest BCUT2D eigenvalue weighted by molar-refractivity contribution is 5.91. The third kappa shape index (κ3) is 1.67. The van der Waals surface area contributed by atoms with E-state index in [1.54, 1.807) is 0 Å². The molecule has 134 valence electrons. The Hall–Kier alpha value is -2.74. The van der Waals surface area contributed by atoms with E-state index in [1.165, 1.54) is 44.9 Å². The van der Waals surface area contributed by atoms with E-state index < -0.39 is 0 Å². The summed E-state index contributed by atoms with van der Waals surface area (Å²) in [4.78, 5) is 5.01. The molecule has 0 radical (unpaired) electrons. The number of hydrogen-bond donors (Lipinski definition) is 0. The number of rotatable bonds is 0. The molecular formula is C25H24N2. The first-order valence-electron chi connectivity index (χ1n) is 9.89. The third-order valence-corrected chi connectivity index (χ3v) is 7.11. The van der Waals surface area contributed by atoms with E-state index >= 15 is 0 Å². The van der Waals surface area contributed by atoms with Crippen LogP contribution in [0.1, 0.15) is 43.4 Å². The van der Waals surface area contributed by atoms with Crippen LogP contribution in [0.25, 0.3) is 11.1 Å². The smallest absolute Gasteiger partial charge is 0.113 e. The molecule has 0 fully saturated rings. The van der Waals surface area contributed by atoms with Gasteiger partial charge in [-0.2, -0.15) is 0 Å². The Kier molecular flexibility index (Phi) is 2.70. The first-order chi connectivity index (χ1) is 13.0. The Balaban J connectivity index is 1.62. The number of hydrogen-bond acceptors (Lipinski definition) is 2. The minimum atomic E-state index is 0.0490. The van der Waals surface area contributed by atoms with Gasteiger partial charge in [0.05, 0.1) is 11.4 Å². The molecule has 0 bridgehead atoms. The van der Waals surface area contributed by atoms with Crippen molar-refractivity contribution in [3.8, 4) is 11.1 Å². The minimum Gasteiger partial charge on any atom is -0.352 e. The van der Waals surface area contributed by atoms with Gasteiger partial charge in [0, 0.05) is 24.1 Å². The summed E-state index contributed by atoms with van der Waals surface area (Å²) < 4.78 is 0. The molecule has 0 saturated carbocycles. The van der Waals surface area contributed by atoms with Crippen LogP contribution < -0.4 is 9.80 Å². The van der Waals surface area contributed by atoms with E-state index in [1.807, 2.05) is 0 Å². The highest BCUT2D eigenvalue weighted by Crippen LogP contribution is 2.58. The highest BCUT2D eigenvalue weighted by atomic mass is 15.4. The van der Waals surface area contributed by atoms with Crippen molar-refractivity contribution in [1.82, 2.24) is 0 Å². The van der Waals surface area contributed by atoms with Gasteiger partial charge in [-0.25, -0.2) is 0 Å². The van der Waals surface area contributed by atoms with Crippen molar-refractivity contribution >= 4 is 17.1 Å². The van der Waals surface area contributed by atoms with Gasteiger partial charge in [0.1, 0.15) is 6.17 Å². The predicted molar refractivity (Wildman–Crippen MR) is 113 cm³/mol. The van der Waals surface area contributed by atoms with Crippen molar-refractivity contribution < 1.29 is 0 Å². The zero-order chi connectivity index (χ0) is 18.5. The van der Waals surface area contributed by atoms with Gasteiger partial charge in [-0.3, -0.25) is 0 Å². The van der Waals surface area contributed by atoms with Crippen LogP contribution in [-0.4, -0.2) is 13.2 Å². The quantitative estimate of drug-likeness (QED) is 0.488. The maximum absolute atomic E-state index is 2.56. The average Bonchev–Trinajstić information content (AvgIpc) is 3.22. The van der Waals surface area contributed by atoms with Gasteiger partial charge in [0.15, 0.2) is 0 Å². The van der Waals surface area contributed by atoms with Gasteiger partial charge in [0.25, 0.3) is 0 Å². The van der Waals surface area contributed by atoms with Crippen LogP contribution in [0.3, 0.4) is 0 Å². The second kappa shape index (κ2) is 4.75. The lowest BCUT2D eigenvalue weighted by Crippen LogP contribution is -2.38. The third-order valence-electron chi connectivity index (χ3n) is 7.11. The summed E-state index contributed by atoms with van der Waals surface area (Å²) in [5.41, 5.74) is 11.3. The molecular weight excluding hydrogens is 328 g/mol. The maximum Gasteiger partial charge on any atom is 0.113 e. The molecule has 3 aromatic rings. The highest BCUT2D eigenvalue weighted by Gasteiger charge is 2.47. The molecule has 0 aromatic heterocycles. The molecule has 2 nitrogen and oxygen atoms in total. The monoisotopic (exact) mass is 352 g/mol. The van der Waals surface area contributed by atoms with Crippen LogP contribution in [0.15, 0.2) is 60.7 Å². The first-order valence-corrected chi connectivity index (χ1v) is 9.89. The van der Waals surface area contributed by atoms with Crippen LogP contribution in [-0.2, 0) is 5.41 Å². The van der Waals surface area contributed by atoms with Crippen LogP contribution in [0.5, 0.6) is 0 Å². The fourth-order valence-electron chi connectivity index (χ4n) is 5.74. The molecule has 3 aliphatic rings. The fraction of sp³-hybridized carbons (Fsp3) is 0.280. The minimum absolute atomic E-state index is 0.0490. The van der Waals surface area contributed by atoms with Crippen molar-refractivity contribution in [3.05, 3.63) is 77.4 Å². The average molecular weight is 352 g/mol. The molecule has 0 amide bonds. The predicted octanol–water partition coefficient (Wildman–Crippen LogP) is 6.02. The molecule has 0 spiro atoms. The van der Waals surface area contributed by atoms with Gasteiger partial charge in [-0.15, -0.1) is 0 Å². The first kappa shape index (κ1) is 15.3. The molecule has 1 aliphatic carbocycles. The zero-order valence-electron chi connectivity index (χ0n) is 16.3. The topological polar surface area (TPSA) is 6.48 Å². The largest absolute Gasteiger partial charge is 0.352 e. The van der Waals surface area contributed by atoms with Crippen molar-refractivity contribution in [2.75, 3.05) is 16.8 Å². The van der Waals surface area contributed by atoms with Crippen molar-refractivity contribution in [2.24, 2.45) is 0 Å². The Morgan fingerprint density at radius 2 is 1.48 bits per heavy atom. The number of benzene rings is 3. The summed E-state index contributed by atoms with van der Waals surface area (Å²) >= 11 is 0. The molecule has 2 heterocycles. The summed E-state index contributed by atoms with van der Waals surface area (Å²) in [5, 5.41) is 0. The number of likely N-dealkylation sites (N-methyl/N-ethyl adjacent to an activating group) is 1. The van der Waals surface area contributed by atoms with E-state index in [2.05, 4.69) is 98.3 Å². The van der Waals surface area contributed by atoms with E-state index in [4.69, 9.17) is 0 Å². The summed E-state index contributed by atoms with van der Waals surface area (Å²) in [6, 6.07) is 22.7. The molecule has 2 heteroatoms. The molecule has 2 atom stereocenters. The molecule has 6 rings (SSSR count). The summed E-state index contributed by atoms with van der Waals surface area (Å²) in [7, 11) is 2.23. The maximum atomic E-state index is 2.56. The molecule has 2 aliphatic heterocycles. The van der Waals surface area contributed by atoms with Crippen LogP contribution in [0.4, 0.5) is 17.1 Å². The number of nitrogens with zero attached hydrogens (tertiary/aromatic N) is 2. The molecule has 0 N–H and O–H groups in total. The van der Waals surface area contributed by atoms with Crippen LogP contribution >= 0.6 is 0 Å². The van der Waals surface area contributed by atoms with E-state index in [0.717, 1.165) is 0 Å². The van der Waals surface area contributed by atoms with Gasteiger partial charge >= 0.3 is 0 Å². The summed E-state index contributed by atoms with van der Waals surface area (Å²) in [6.45, 7) is 7.11. The summed E-state index contributed by atoms with van der Waals surface area (Å²) in [5.74, 6) is 0.471. The van der Waals surface area contributed by atoms with Crippen molar-refractivity contribution in [3.63, 3.8) is 0 Å². The second-order valence-electron chi connectivity index (χ2n) is 8.80. The SMILES string of the molecule is CC1c2cc3c(cc2N2c4ccccc4N(C)C12)C(C)(C)c1ccccc1-3. The zero-order valence-corrected chi connectivity index (χ0v) is 16.3. The van der Waals surface area contributed by atoms with Gasteiger partial charge < -0.3 is 9.80 Å². The molecule has 3 aromatic carbocycles. The van der Waals surface area contributed by atoms with Gasteiger partial charge in [-0.1, -0.05) is 57.2 Å². The second-order valence-corrected chi connectivity index (χ2v) is 8.80. The lowest BCUT2D eigenvalue weighted by atomic mass is 9.82. The summed E-state index contributed by atoms with van der Waals surface area (Å²) in [6.07, 6.45) is 0.373. The normalized spacial score (nSPS) is 23.0. The van der Waals surface area contributed by atoms with Crippen molar-refractivity contribution in [2.45, 2.75) is 38.3 Å². The van der Waals surface area contributed by atoms with E-state index in [9.17, 15) is 0 Å². The molecule has 0 saturated heterocycles. The Morgan fingerprint density at radius 3 is 2.30 bits per heavy atom. The number of anilines is 3. The van der Waals surface area contributed by atoms with Crippen LogP contribution in [0, 0.1) is 0 Å². The lowest BCUT2D eigenvalue weighted by molar-refractivity contribution is 0.605.